The van der Waals surface area contributed by atoms with Crippen LogP contribution < -0.4 is 9.64 Å². The van der Waals surface area contributed by atoms with Crippen molar-refractivity contribution in [3.05, 3.63) is 89.0 Å². The van der Waals surface area contributed by atoms with Crippen LogP contribution in [0.15, 0.2) is 73.1 Å². The minimum Gasteiger partial charge on any atom is -0.495 e. The predicted octanol–water partition coefficient (Wildman–Crippen LogP) is 5.34. The van der Waals surface area contributed by atoms with Gasteiger partial charge in [-0.15, -0.1) is 0 Å². The van der Waals surface area contributed by atoms with Gasteiger partial charge in [0.05, 0.1) is 25.1 Å². The number of aromatic nitrogens is 5. The summed E-state index contributed by atoms with van der Waals surface area (Å²) in [5, 5.41) is 13.0. The molecule has 12 nitrogen and oxygen atoms in total. The van der Waals surface area contributed by atoms with Crippen molar-refractivity contribution in [1.29, 1.82) is 0 Å². The average Bonchev–Trinajstić information content (AvgIpc) is 3.92. The van der Waals surface area contributed by atoms with E-state index in [1.165, 1.54) is 5.57 Å². The summed E-state index contributed by atoms with van der Waals surface area (Å²) in [5.41, 5.74) is 7.49. The van der Waals surface area contributed by atoms with Crippen LogP contribution in [0.1, 0.15) is 30.9 Å². The molecule has 2 aliphatic rings. The number of hydrogen-bond donors (Lipinski definition) is 1. The fourth-order valence-electron chi connectivity index (χ4n) is 7.06. The van der Waals surface area contributed by atoms with E-state index in [0.29, 0.717) is 44.3 Å². The zero-order valence-electron chi connectivity index (χ0n) is 29.5. The lowest BCUT2D eigenvalue weighted by Crippen LogP contribution is -2.42. The first-order chi connectivity index (χ1) is 24.8. The Hall–Kier alpha value is -5.80. The van der Waals surface area contributed by atoms with Crippen LogP contribution >= 0.6 is 0 Å². The fraction of sp³-hybridized carbons (Fsp3) is 0.333. The smallest absolute Gasteiger partial charge is 0.314 e. The van der Waals surface area contributed by atoms with Crippen molar-refractivity contribution in [2.45, 2.75) is 19.8 Å². The van der Waals surface area contributed by atoms with E-state index in [9.17, 15) is 9.59 Å². The Bertz CT molecular complexity index is 2170. The van der Waals surface area contributed by atoms with Crippen molar-refractivity contribution in [2.75, 3.05) is 58.3 Å². The van der Waals surface area contributed by atoms with Gasteiger partial charge in [-0.1, -0.05) is 41.3 Å². The highest BCUT2D eigenvalue weighted by atomic mass is 16.5. The van der Waals surface area contributed by atoms with Crippen LogP contribution in [0.25, 0.3) is 44.0 Å². The summed E-state index contributed by atoms with van der Waals surface area (Å²) in [4.78, 5) is 41.5. The third kappa shape index (κ3) is 6.98. The maximum absolute atomic E-state index is 13.9. The number of methoxy groups -OCH3 is 1. The molecule has 0 radical (unpaired) electrons. The number of ether oxygens (including phenoxy) is 1. The molecular formula is C39H42N9O3+. The van der Waals surface area contributed by atoms with Crippen LogP contribution in [0.2, 0.25) is 0 Å². The molecule has 7 rings (SSSR count). The van der Waals surface area contributed by atoms with E-state index in [1.807, 2.05) is 72.3 Å². The van der Waals surface area contributed by atoms with E-state index in [-0.39, 0.29) is 17.7 Å². The number of H-pyrrole nitrogens is 1. The molecule has 1 N–H and O–H groups in total. The molecule has 0 spiro atoms. The number of carbonyl (C=O) groups excluding carboxylic acids is 2. The molecule has 3 aromatic carbocycles. The van der Waals surface area contributed by atoms with Crippen LogP contribution in [-0.2, 0) is 16.6 Å². The molecule has 1 saturated heterocycles. The second kappa shape index (κ2) is 14.6. The van der Waals surface area contributed by atoms with Gasteiger partial charge in [-0.05, 0) is 67.8 Å². The maximum Gasteiger partial charge on any atom is 0.314 e. The number of likely N-dealkylation sites (tertiary alicyclic amines) is 1. The highest BCUT2D eigenvalue weighted by Gasteiger charge is 2.33. The summed E-state index contributed by atoms with van der Waals surface area (Å²) in [7, 11) is 5.15. The van der Waals surface area contributed by atoms with E-state index in [0.717, 1.165) is 63.9 Å². The van der Waals surface area contributed by atoms with Gasteiger partial charge in [-0.2, -0.15) is 10.2 Å². The highest BCUT2D eigenvalue weighted by molar-refractivity contribution is 6.00. The van der Waals surface area contributed by atoms with Crippen molar-refractivity contribution < 1.29 is 14.3 Å². The molecule has 0 saturated carbocycles. The van der Waals surface area contributed by atoms with Gasteiger partial charge in [0, 0.05) is 55.4 Å². The summed E-state index contributed by atoms with van der Waals surface area (Å²) < 4.78 is 7.27. The second-order valence-corrected chi connectivity index (χ2v) is 13.0. The number of hydrogen-bond acceptors (Lipinski definition) is 7. The van der Waals surface area contributed by atoms with Gasteiger partial charge in [0.15, 0.2) is 5.82 Å². The van der Waals surface area contributed by atoms with Crippen molar-refractivity contribution in [1.82, 2.24) is 34.8 Å². The SMILES string of the molecule is CCN(C(=O)[C@@H]1CCN(CC(=O)N2CC=C(c3ccc(-c4ncn(C)n4)cc3)CC2)C1)c1ccc2[nH]nc(-c3ccc(C#[N+]C)c(OC)c3)c2c1. The van der Waals surface area contributed by atoms with E-state index in [4.69, 9.17) is 4.74 Å². The zero-order chi connectivity index (χ0) is 35.5. The lowest BCUT2D eigenvalue weighted by Gasteiger charge is -2.29. The van der Waals surface area contributed by atoms with Crippen LogP contribution in [0.3, 0.4) is 0 Å². The van der Waals surface area contributed by atoms with Crippen molar-refractivity contribution >= 4 is 34.0 Å². The Kier molecular flexibility index (Phi) is 9.63. The number of fused-ring (bicyclic) bond motifs is 1. The van der Waals surface area contributed by atoms with Gasteiger partial charge in [0.1, 0.15) is 23.3 Å². The molecule has 51 heavy (non-hydrogen) atoms. The van der Waals surface area contributed by atoms with Gasteiger partial charge >= 0.3 is 6.07 Å². The van der Waals surface area contributed by atoms with Gasteiger partial charge < -0.3 is 14.5 Å². The molecule has 0 aliphatic carbocycles. The van der Waals surface area contributed by atoms with Crippen LogP contribution in [-0.4, -0.2) is 100 Å². The molecular weight excluding hydrogens is 642 g/mol. The molecule has 260 valence electrons. The molecule has 1 fully saturated rings. The first kappa shape index (κ1) is 33.7. The van der Waals surface area contributed by atoms with E-state index < -0.39 is 0 Å². The van der Waals surface area contributed by atoms with Gasteiger partial charge in [0.2, 0.25) is 11.8 Å². The molecule has 1 atom stereocenters. The number of aromatic amines is 1. The molecule has 2 aliphatic heterocycles. The molecule has 0 unspecified atom stereocenters. The van der Waals surface area contributed by atoms with Crippen molar-refractivity contribution in [2.24, 2.45) is 13.0 Å². The number of aryl methyl sites for hydroxylation is 1. The van der Waals surface area contributed by atoms with E-state index in [1.54, 1.807) is 25.2 Å². The standard InChI is InChI=1S/C39H41N9O3/c1-5-48(32-12-13-34-33(21-32)37(43-42-34)29-10-11-30(22-40-2)35(20-29)51-4)39(50)31-14-17-46(23-31)24-36(49)47-18-15-27(16-19-47)26-6-8-28(9-7-26)38-41-25-45(3)44-38/h6-13,15,20-21,25,31H,5,14,16-19,23-24H2,1-4H3/p+1/t31-/m1/s1. The first-order valence-electron chi connectivity index (χ1n) is 17.3. The molecule has 0 bridgehead atoms. The normalized spacial score (nSPS) is 16.1. The number of amides is 2. The van der Waals surface area contributed by atoms with Crippen LogP contribution in [0.5, 0.6) is 5.75 Å². The van der Waals surface area contributed by atoms with Gasteiger partial charge in [0.25, 0.3) is 7.05 Å². The molecule has 2 aromatic heterocycles. The molecule has 12 heteroatoms. The van der Waals surface area contributed by atoms with Crippen LogP contribution in [0.4, 0.5) is 5.69 Å². The summed E-state index contributed by atoms with van der Waals surface area (Å²) >= 11 is 0. The Morgan fingerprint density at radius 1 is 1.06 bits per heavy atom. The topological polar surface area (TPSA) is 117 Å². The Morgan fingerprint density at radius 2 is 1.86 bits per heavy atom. The number of nitrogens with zero attached hydrogens (tertiary/aromatic N) is 8. The zero-order valence-corrected chi connectivity index (χ0v) is 29.5. The third-order valence-corrected chi connectivity index (χ3v) is 9.80. The molecule has 4 heterocycles. The van der Waals surface area contributed by atoms with E-state index in [2.05, 4.69) is 54.3 Å². The van der Waals surface area contributed by atoms with E-state index >= 15 is 0 Å². The van der Waals surface area contributed by atoms with Gasteiger partial charge in [-0.3, -0.25) is 24.3 Å². The largest absolute Gasteiger partial charge is 0.495 e. The number of nitrogens with one attached hydrogen (secondary N) is 1. The lowest BCUT2D eigenvalue weighted by atomic mass is 9.98. The summed E-state index contributed by atoms with van der Waals surface area (Å²) in [6.45, 7) is 5.39. The van der Waals surface area contributed by atoms with Gasteiger partial charge in [-0.25, -0.2) is 4.98 Å². The molecule has 5 aromatic rings. The highest BCUT2D eigenvalue weighted by Crippen LogP contribution is 2.34. The lowest BCUT2D eigenvalue weighted by molar-refractivity contribution is -0.132. The fourth-order valence-corrected chi connectivity index (χ4v) is 7.06. The number of anilines is 1. The first-order valence-corrected chi connectivity index (χ1v) is 17.3. The predicted molar refractivity (Wildman–Crippen MR) is 199 cm³/mol. The minimum absolute atomic E-state index is 0.0765. The monoisotopic (exact) mass is 684 g/mol. The minimum atomic E-state index is -0.178. The summed E-state index contributed by atoms with van der Waals surface area (Å²) in [6, 6.07) is 23.0. The van der Waals surface area contributed by atoms with Crippen molar-refractivity contribution in [3.8, 4) is 34.5 Å². The third-order valence-electron chi connectivity index (χ3n) is 9.80. The maximum atomic E-state index is 13.9. The number of rotatable bonds is 9. The second-order valence-electron chi connectivity index (χ2n) is 13.0. The summed E-state index contributed by atoms with van der Waals surface area (Å²) in [6.07, 6.45) is 5.37. The van der Waals surface area contributed by atoms with Crippen molar-refractivity contribution in [3.63, 3.8) is 0 Å². The van der Waals surface area contributed by atoms with Crippen LogP contribution in [0, 0.1) is 12.0 Å². The summed E-state index contributed by atoms with van der Waals surface area (Å²) in [5.74, 6) is 1.36. The number of carbonyl (C=O) groups is 2. The average molecular weight is 685 g/mol. The molecule has 2 amide bonds. The quantitative estimate of drug-likeness (QED) is 0.223. The number of benzene rings is 3. The Labute approximate surface area is 297 Å². The Morgan fingerprint density at radius 3 is 2.57 bits per heavy atom. The Balaban J connectivity index is 0.971.